The topological polar surface area (TPSA) is 38.3 Å². The number of rotatable bonds is 2. The first-order valence-corrected chi connectivity index (χ1v) is 6.78. The van der Waals surface area contributed by atoms with E-state index in [9.17, 15) is 18.0 Å². The first-order valence-electron chi connectivity index (χ1n) is 6.78. The van der Waals surface area contributed by atoms with E-state index in [1.54, 1.807) is 30.3 Å². The van der Waals surface area contributed by atoms with Crippen LogP contribution in [0.4, 0.5) is 18.9 Å². The van der Waals surface area contributed by atoms with Crippen LogP contribution in [0.2, 0.25) is 0 Å². The van der Waals surface area contributed by atoms with Crippen molar-refractivity contribution < 1.29 is 22.7 Å². The quantitative estimate of drug-likeness (QED) is 0.842. The highest BCUT2D eigenvalue weighted by atomic mass is 19.4. The molecule has 1 aliphatic rings. The summed E-state index contributed by atoms with van der Waals surface area (Å²) >= 11 is 0. The van der Waals surface area contributed by atoms with Crippen molar-refractivity contribution in [3.63, 3.8) is 0 Å². The van der Waals surface area contributed by atoms with Gasteiger partial charge in [-0.15, -0.1) is 0 Å². The maximum Gasteiger partial charge on any atom is 0.416 e. The monoisotopic (exact) mass is 319 g/mol. The van der Waals surface area contributed by atoms with E-state index < -0.39 is 17.6 Å². The number of fused-ring (bicyclic) bond motifs is 1. The Labute approximate surface area is 130 Å². The zero-order chi connectivity index (χ0) is 16.6. The van der Waals surface area contributed by atoms with Crippen molar-refractivity contribution in [3.8, 4) is 5.75 Å². The van der Waals surface area contributed by atoms with Crippen LogP contribution in [-0.2, 0) is 11.0 Å². The van der Waals surface area contributed by atoms with Crippen molar-refractivity contribution in [2.75, 3.05) is 12.4 Å². The summed E-state index contributed by atoms with van der Waals surface area (Å²) in [5.74, 6) is 0.137. The Balaban J connectivity index is 2.07. The van der Waals surface area contributed by atoms with E-state index in [2.05, 4.69) is 5.32 Å². The Kier molecular flexibility index (Phi) is 3.60. The lowest BCUT2D eigenvalue weighted by molar-refractivity contribution is -0.137. The normalized spacial score (nSPS) is 15.5. The van der Waals surface area contributed by atoms with Gasteiger partial charge in [-0.3, -0.25) is 4.79 Å². The number of para-hydroxylation sites is 1. The molecule has 0 saturated heterocycles. The van der Waals surface area contributed by atoms with Crippen molar-refractivity contribution in [2.24, 2.45) is 0 Å². The molecule has 0 aromatic heterocycles. The van der Waals surface area contributed by atoms with Gasteiger partial charge in [-0.2, -0.15) is 13.2 Å². The molecular formula is C17H12F3NO2. The molecule has 0 atom stereocenters. The Morgan fingerprint density at radius 2 is 1.87 bits per heavy atom. The second kappa shape index (κ2) is 5.46. The number of anilines is 1. The number of hydrogen-bond acceptors (Lipinski definition) is 2. The van der Waals surface area contributed by atoms with E-state index >= 15 is 0 Å². The molecule has 0 radical (unpaired) electrons. The van der Waals surface area contributed by atoms with Gasteiger partial charge in [0.2, 0.25) is 0 Å². The highest BCUT2D eigenvalue weighted by Crippen LogP contribution is 2.38. The Morgan fingerprint density at radius 3 is 2.57 bits per heavy atom. The van der Waals surface area contributed by atoms with Crippen LogP contribution in [0.3, 0.4) is 0 Å². The lowest BCUT2D eigenvalue weighted by atomic mass is 10.0. The van der Waals surface area contributed by atoms with Gasteiger partial charge in [-0.05, 0) is 24.3 Å². The minimum absolute atomic E-state index is 0.158. The smallest absolute Gasteiger partial charge is 0.416 e. The van der Waals surface area contributed by atoms with Crippen LogP contribution >= 0.6 is 0 Å². The van der Waals surface area contributed by atoms with E-state index in [1.165, 1.54) is 13.2 Å². The molecule has 1 heterocycles. The first kappa shape index (κ1) is 15.1. The molecule has 1 aliphatic heterocycles. The molecule has 0 aliphatic carbocycles. The zero-order valence-corrected chi connectivity index (χ0v) is 12.1. The number of carbonyl (C=O) groups excluding carboxylic acids is 1. The van der Waals surface area contributed by atoms with Crippen LogP contribution in [0.15, 0.2) is 42.5 Å². The van der Waals surface area contributed by atoms with Crippen molar-refractivity contribution in [1.29, 1.82) is 0 Å². The molecule has 0 bridgehead atoms. The molecule has 0 fully saturated rings. The number of methoxy groups -OCH3 is 1. The highest BCUT2D eigenvalue weighted by molar-refractivity contribution is 6.35. The zero-order valence-electron chi connectivity index (χ0n) is 12.1. The second-order valence-electron chi connectivity index (χ2n) is 5.01. The van der Waals surface area contributed by atoms with E-state index in [4.69, 9.17) is 4.74 Å². The van der Waals surface area contributed by atoms with Crippen molar-refractivity contribution >= 4 is 23.2 Å². The maximum atomic E-state index is 12.8. The molecule has 1 N–H and O–H groups in total. The van der Waals surface area contributed by atoms with Gasteiger partial charge in [0, 0.05) is 22.4 Å². The number of benzene rings is 2. The van der Waals surface area contributed by atoms with Crippen LogP contribution in [0.5, 0.6) is 5.75 Å². The van der Waals surface area contributed by atoms with Gasteiger partial charge in [0.05, 0.1) is 12.7 Å². The number of amides is 1. The molecule has 118 valence electrons. The van der Waals surface area contributed by atoms with Gasteiger partial charge in [-0.25, -0.2) is 0 Å². The van der Waals surface area contributed by atoms with Gasteiger partial charge < -0.3 is 10.1 Å². The van der Waals surface area contributed by atoms with Gasteiger partial charge >= 0.3 is 6.18 Å². The minimum atomic E-state index is -4.45. The molecule has 0 saturated carbocycles. The van der Waals surface area contributed by atoms with Crippen LogP contribution < -0.4 is 10.1 Å². The summed E-state index contributed by atoms with van der Waals surface area (Å²) in [4.78, 5) is 12.1. The average molecular weight is 319 g/mol. The fourth-order valence-corrected chi connectivity index (χ4v) is 2.46. The number of alkyl halides is 3. The van der Waals surface area contributed by atoms with Crippen molar-refractivity contribution in [2.45, 2.75) is 6.18 Å². The lowest BCUT2D eigenvalue weighted by Gasteiger charge is -2.08. The molecule has 3 rings (SSSR count). The van der Waals surface area contributed by atoms with E-state index in [0.29, 0.717) is 22.4 Å². The number of nitrogens with one attached hydrogen (secondary N) is 1. The summed E-state index contributed by atoms with van der Waals surface area (Å²) in [6, 6.07) is 10.3. The van der Waals surface area contributed by atoms with Gasteiger partial charge in [-0.1, -0.05) is 24.3 Å². The second-order valence-corrected chi connectivity index (χ2v) is 5.01. The molecule has 2 aromatic carbocycles. The number of halogens is 3. The largest absolute Gasteiger partial charge is 0.496 e. The fourth-order valence-electron chi connectivity index (χ4n) is 2.46. The molecule has 1 amide bonds. The molecule has 6 heteroatoms. The molecule has 23 heavy (non-hydrogen) atoms. The van der Waals surface area contributed by atoms with Crippen molar-refractivity contribution in [1.82, 2.24) is 0 Å². The Morgan fingerprint density at radius 1 is 1.13 bits per heavy atom. The number of ether oxygens (including phenoxy) is 1. The van der Waals surface area contributed by atoms with Gasteiger partial charge in [0.1, 0.15) is 5.75 Å². The SMILES string of the molecule is COc1ccccc1/C=C1\C(=O)Nc2cc(C(F)(F)F)ccc21. The summed E-state index contributed by atoms with van der Waals surface area (Å²) in [5.41, 5.74) is 0.779. The van der Waals surface area contributed by atoms with Crippen LogP contribution in [0.1, 0.15) is 16.7 Å². The predicted molar refractivity (Wildman–Crippen MR) is 80.9 cm³/mol. The summed E-state index contributed by atoms with van der Waals surface area (Å²) in [6.45, 7) is 0. The van der Waals surface area contributed by atoms with Crippen LogP contribution in [0, 0.1) is 0 Å². The third-order valence-electron chi connectivity index (χ3n) is 3.57. The Bertz CT molecular complexity index is 810. The highest BCUT2D eigenvalue weighted by Gasteiger charge is 2.33. The van der Waals surface area contributed by atoms with E-state index in [-0.39, 0.29) is 5.69 Å². The Hall–Kier alpha value is -2.76. The summed E-state index contributed by atoms with van der Waals surface area (Å²) in [5, 5.41) is 2.47. The van der Waals surface area contributed by atoms with Crippen LogP contribution in [0.25, 0.3) is 11.6 Å². The maximum absolute atomic E-state index is 12.8. The summed E-state index contributed by atoms with van der Waals surface area (Å²) in [7, 11) is 1.51. The van der Waals surface area contributed by atoms with Crippen LogP contribution in [-0.4, -0.2) is 13.0 Å². The molecule has 0 unspecified atom stereocenters. The minimum Gasteiger partial charge on any atom is -0.496 e. The third kappa shape index (κ3) is 2.79. The molecule has 3 nitrogen and oxygen atoms in total. The molecule has 0 spiro atoms. The summed E-state index contributed by atoms with van der Waals surface area (Å²) in [6.07, 6.45) is -2.85. The standard InChI is InChI=1S/C17H12F3NO2/c1-23-15-5-3-2-4-10(15)8-13-12-7-6-11(17(18,19)20)9-14(12)21-16(13)22/h2-9H,1H3,(H,21,22)/b13-8-. The van der Waals surface area contributed by atoms with E-state index in [0.717, 1.165) is 12.1 Å². The first-order chi connectivity index (χ1) is 10.9. The third-order valence-corrected chi connectivity index (χ3v) is 3.57. The van der Waals surface area contributed by atoms with E-state index in [1.807, 2.05) is 0 Å². The summed E-state index contributed by atoms with van der Waals surface area (Å²) < 4.78 is 43.5. The molecule has 2 aromatic rings. The number of hydrogen-bond donors (Lipinski definition) is 1. The lowest BCUT2D eigenvalue weighted by Crippen LogP contribution is -2.06. The average Bonchev–Trinajstić information content (AvgIpc) is 2.82. The van der Waals surface area contributed by atoms with Crippen molar-refractivity contribution in [3.05, 3.63) is 59.2 Å². The predicted octanol–water partition coefficient (Wildman–Crippen LogP) is 4.21. The number of carbonyl (C=O) groups is 1. The fraction of sp³-hybridized carbons (Fsp3) is 0.118. The van der Waals surface area contributed by atoms with Gasteiger partial charge in [0.15, 0.2) is 0 Å². The van der Waals surface area contributed by atoms with Gasteiger partial charge in [0.25, 0.3) is 5.91 Å². The molecular weight excluding hydrogens is 307 g/mol.